The van der Waals surface area contributed by atoms with Crippen molar-refractivity contribution in [3.63, 3.8) is 0 Å². The van der Waals surface area contributed by atoms with Crippen molar-refractivity contribution in [1.82, 2.24) is 10.3 Å². The number of nitrogens with zero attached hydrogens (tertiary/aromatic N) is 1. The second-order valence-electron chi connectivity index (χ2n) is 4.02. The molecular weight excluding hydrogens is 176 g/mol. The second-order valence-corrected chi connectivity index (χ2v) is 4.02. The molecule has 0 aliphatic heterocycles. The first kappa shape index (κ1) is 9.62. The van der Waals surface area contributed by atoms with Crippen molar-refractivity contribution in [2.75, 3.05) is 13.7 Å². The number of rotatable bonds is 4. The zero-order chi connectivity index (χ0) is 10.0. The van der Waals surface area contributed by atoms with Crippen LogP contribution in [0.15, 0.2) is 24.5 Å². The highest BCUT2D eigenvalue weighted by atomic mass is 16.3. The largest absolute Gasteiger partial charge is 0.396 e. The Kier molecular flexibility index (Phi) is 2.52. The summed E-state index contributed by atoms with van der Waals surface area (Å²) in [5.74, 6) is 0. The first-order chi connectivity index (χ1) is 6.82. The van der Waals surface area contributed by atoms with Crippen LogP contribution in [-0.4, -0.2) is 23.7 Å². The van der Waals surface area contributed by atoms with Crippen molar-refractivity contribution < 1.29 is 5.11 Å². The SMILES string of the molecule is CNC(c1ccncc1)C1(CO)CC1. The monoisotopic (exact) mass is 192 g/mol. The van der Waals surface area contributed by atoms with Crippen LogP contribution in [0.5, 0.6) is 0 Å². The summed E-state index contributed by atoms with van der Waals surface area (Å²) in [6.45, 7) is 0.265. The van der Waals surface area contributed by atoms with Gasteiger partial charge in [0.2, 0.25) is 0 Å². The Morgan fingerprint density at radius 3 is 2.57 bits per heavy atom. The molecule has 1 atom stereocenters. The zero-order valence-corrected chi connectivity index (χ0v) is 8.40. The van der Waals surface area contributed by atoms with Crippen LogP contribution in [0.1, 0.15) is 24.4 Å². The minimum Gasteiger partial charge on any atom is -0.396 e. The Morgan fingerprint density at radius 1 is 1.50 bits per heavy atom. The van der Waals surface area contributed by atoms with E-state index >= 15 is 0 Å². The van der Waals surface area contributed by atoms with Crippen molar-refractivity contribution in [1.29, 1.82) is 0 Å². The van der Waals surface area contributed by atoms with Gasteiger partial charge in [0.05, 0.1) is 6.61 Å². The van der Waals surface area contributed by atoms with E-state index in [4.69, 9.17) is 0 Å². The molecule has 0 saturated heterocycles. The minimum atomic E-state index is 0.0795. The fourth-order valence-electron chi connectivity index (χ4n) is 2.08. The van der Waals surface area contributed by atoms with Crippen molar-refractivity contribution in [3.8, 4) is 0 Å². The maximum absolute atomic E-state index is 9.36. The van der Waals surface area contributed by atoms with Gasteiger partial charge in [0.25, 0.3) is 0 Å². The van der Waals surface area contributed by atoms with Gasteiger partial charge in [0.1, 0.15) is 0 Å². The average Bonchev–Trinajstić information content (AvgIpc) is 3.02. The molecule has 1 aromatic rings. The molecule has 1 unspecified atom stereocenters. The van der Waals surface area contributed by atoms with Crippen LogP contribution in [0, 0.1) is 5.41 Å². The highest BCUT2D eigenvalue weighted by Gasteiger charge is 2.48. The Hall–Kier alpha value is -0.930. The Bertz CT molecular complexity index is 295. The Balaban J connectivity index is 2.22. The van der Waals surface area contributed by atoms with Crippen LogP contribution in [0.3, 0.4) is 0 Å². The first-order valence-corrected chi connectivity index (χ1v) is 5.00. The maximum atomic E-state index is 9.36. The zero-order valence-electron chi connectivity index (χ0n) is 8.40. The lowest BCUT2D eigenvalue weighted by Gasteiger charge is -2.25. The molecule has 2 rings (SSSR count). The van der Waals surface area contributed by atoms with Crippen molar-refractivity contribution >= 4 is 0 Å². The summed E-state index contributed by atoms with van der Waals surface area (Å²) < 4.78 is 0. The van der Waals surface area contributed by atoms with Gasteiger partial charge >= 0.3 is 0 Å². The number of hydrogen-bond acceptors (Lipinski definition) is 3. The molecule has 3 heteroatoms. The predicted octanol–water partition coefficient (Wildman–Crippen LogP) is 1.11. The van der Waals surface area contributed by atoms with E-state index in [1.165, 1.54) is 5.56 Å². The van der Waals surface area contributed by atoms with E-state index in [9.17, 15) is 5.11 Å². The topological polar surface area (TPSA) is 45.2 Å². The van der Waals surface area contributed by atoms with Crippen LogP contribution in [-0.2, 0) is 0 Å². The fourth-order valence-corrected chi connectivity index (χ4v) is 2.08. The average molecular weight is 192 g/mol. The predicted molar refractivity (Wildman–Crippen MR) is 54.8 cm³/mol. The van der Waals surface area contributed by atoms with Crippen LogP contribution in [0.25, 0.3) is 0 Å². The van der Waals surface area contributed by atoms with Gasteiger partial charge in [-0.1, -0.05) is 0 Å². The lowest BCUT2D eigenvalue weighted by Crippen LogP contribution is -2.29. The molecule has 0 bridgehead atoms. The third kappa shape index (κ3) is 1.53. The molecule has 14 heavy (non-hydrogen) atoms. The molecule has 1 saturated carbocycles. The summed E-state index contributed by atoms with van der Waals surface area (Å²) in [7, 11) is 1.95. The molecule has 1 aliphatic carbocycles. The normalized spacial score (nSPS) is 20.4. The number of aliphatic hydroxyl groups excluding tert-OH is 1. The van der Waals surface area contributed by atoms with E-state index in [0.29, 0.717) is 0 Å². The Labute approximate surface area is 84.2 Å². The van der Waals surface area contributed by atoms with Gasteiger partial charge in [-0.05, 0) is 37.6 Å². The first-order valence-electron chi connectivity index (χ1n) is 5.00. The molecule has 1 aliphatic rings. The summed E-state index contributed by atoms with van der Waals surface area (Å²) in [6.07, 6.45) is 5.81. The quantitative estimate of drug-likeness (QED) is 0.751. The molecule has 0 amide bonds. The van der Waals surface area contributed by atoms with Gasteiger partial charge in [0.15, 0.2) is 0 Å². The van der Waals surface area contributed by atoms with Gasteiger partial charge in [-0.3, -0.25) is 4.98 Å². The molecule has 2 N–H and O–H groups in total. The van der Waals surface area contributed by atoms with E-state index in [-0.39, 0.29) is 18.1 Å². The lowest BCUT2D eigenvalue weighted by atomic mass is 9.91. The smallest absolute Gasteiger partial charge is 0.0505 e. The molecule has 0 aromatic carbocycles. The summed E-state index contributed by atoms with van der Waals surface area (Å²) in [5.41, 5.74) is 1.30. The fraction of sp³-hybridized carbons (Fsp3) is 0.545. The van der Waals surface area contributed by atoms with Gasteiger partial charge in [0, 0.05) is 23.9 Å². The molecular formula is C11H16N2O. The minimum absolute atomic E-state index is 0.0795. The van der Waals surface area contributed by atoms with Gasteiger partial charge < -0.3 is 10.4 Å². The van der Waals surface area contributed by atoms with E-state index in [1.54, 1.807) is 12.4 Å². The third-order valence-electron chi connectivity index (χ3n) is 3.15. The van der Waals surface area contributed by atoms with E-state index < -0.39 is 0 Å². The standard InChI is InChI=1S/C11H16N2O/c1-12-10(11(8-14)4-5-11)9-2-6-13-7-3-9/h2-3,6-7,10,12,14H,4-5,8H2,1H3. The maximum Gasteiger partial charge on any atom is 0.0505 e. The molecule has 76 valence electrons. The highest BCUT2D eigenvalue weighted by molar-refractivity contribution is 5.21. The van der Waals surface area contributed by atoms with Crippen LogP contribution < -0.4 is 5.32 Å². The number of hydrogen-bond donors (Lipinski definition) is 2. The van der Waals surface area contributed by atoms with Crippen LogP contribution >= 0.6 is 0 Å². The highest BCUT2D eigenvalue weighted by Crippen LogP contribution is 2.54. The molecule has 3 nitrogen and oxygen atoms in total. The lowest BCUT2D eigenvalue weighted by molar-refractivity contribution is 0.175. The van der Waals surface area contributed by atoms with E-state index in [1.807, 2.05) is 19.2 Å². The Morgan fingerprint density at radius 2 is 2.14 bits per heavy atom. The molecule has 1 aromatic heterocycles. The summed E-state index contributed by atoms with van der Waals surface area (Å²) in [6, 6.07) is 4.28. The molecule has 0 spiro atoms. The van der Waals surface area contributed by atoms with Crippen molar-refractivity contribution in [2.24, 2.45) is 5.41 Å². The summed E-state index contributed by atoms with van der Waals surface area (Å²) in [4.78, 5) is 4.00. The van der Waals surface area contributed by atoms with Gasteiger partial charge in [-0.2, -0.15) is 0 Å². The van der Waals surface area contributed by atoms with Crippen LogP contribution in [0.2, 0.25) is 0 Å². The number of nitrogens with one attached hydrogen (secondary N) is 1. The van der Waals surface area contributed by atoms with Crippen molar-refractivity contribution in [2.45, 2.75) is 18.9 Å². The number of pyridine rings is 1. The summed E-state index contributed by atoms with van der Waals surface area (Å²) in [5, 5.41) is 12.6. The number of aromatic nitrogens is 1. The number of aliphatic hydroxyl groups is 1. The second kappa shape index (κ2) is 3.67. The van der Waals surface area contributed by atoms with Crippen molar-refractivity contribution in [3.05, 3.63) is 30.1 Å². The van der Waals surface area contributed by atoms with E-state index in [0.717, 1.165) is 12.8 Å². The van der Waals surface area contributed by atoms with E-state index in [2.05, 4.69) is 10.3 Å². The summed E-state index contributed by atoms with van der Waals surface area (Å²) >= 11 is 0. The van der Waals surface area contributed by atoms with Gasteiger partial charge in [-0.15, -0.1) is 0 Å². The third-order valence-corrected chi connectivity index (χ3v) is 3.15. The van der Waals surface area contributed by atoms with Gasteiger partial charge in [-0.25, -0.2) is 0 Å². The van der Waals surface area contributed by atoms with Crippen LogP contribution in [0.4, 0.5) is 0 Å². The molecule has 1 heterocycles. The molecule has 1 fully saturated rings. The molecule has 0 radical (unpaired) electrons.